The fourth-order valence-electron chi connectivity index (χ4n) is 4.24. The molecule has 4 rings (SSSR count). The molecule has 1 aliphatic carbocycles. The number of morpholine rings is 1. The summed E-state index contributed by atoms with van der Waals surface area (Å²) >= 11 is 0. The molecule has 1 atom stereocenters. The van der Waals surface area contributed by atoms with E-state index in [0.717, 1.165) is 50.3 Å². The van der Waals surface area contributed by atoms with Crippen LogP contribution in [0.5, 0.6) is 0 Å². The van der Waals surface area contributed by atoms with Gasteiger partial charge in [0.05, 0.1) is 24.8 Å². The van der Waals surface area contributed by atoms with Crippen LogP contribution in [0.2, 0.25) is 0 Å². The molecule has 1 saturated heterocycles. The maximum absolute atomic E-state index is 12.4. The van der Waals surface area contributed by atoms with Crippen molar-refractivity contribution in [2.24, 2.45) is 0 Å². The van der Waals surface area contributed by atoms with Gasteiger partial charge in [0.15, 0.2) is 0 Å². The fourth-order valence-corrected chi connectivity index (χ4v) is 4.24. The van der Waals surface area contributed by atoms with Crippen LogP contribution in [0.25, 0.3) is 0 Å². The van der Waals surface area contributed by atoms with Gasteiger partial charge in [-0.05, 0) is 49.3 Å². The van der Waals surface area contributed by atoms with E-state index in [1.165, 1.54) is 29.7 Å². The van der Waals surface area contributed by atoms with Crippen LogP contribution in [0.15, 0.2) is 24.3 Å². The molecule has 1 aromatic carbocycles. The van der Waals surface area contributed by atoms with Crippen LogP contribution in [0.4, 0.5) is 0 Å². The zero-order valence-corrected chi connectivity index (χ0v) is 16.7. The summed E-state index contributed by atoms with van der Waals surface area (Å²) in [6, 6.07) is 8.49. The molecule has 1 aliphatic heterocycles. The van der Waals surface area contributed by atoms with Gasteiger partial charge in [-0.1, -0.05) is 24.3 Å². The van der Waals surface area contributed by atoms with Gasteiger partial charge in [-0.2, -0.15) is 5.10 Å². The Morgan fingerprint density at radius 2 is 2.18 bits per heavy atom. The minimum absolute atomic E-state index is 0.0345. The molecule has 0 bridgehead atoms. The Kier molecular flexibility index (Phi) is 6.07. The van der Waals surface area contributed by atoms with Crippen molar-refractivity contribution in [1.29, 1.82) is 0 Å². The number of aryl methyl sites for hydroxylation is 1. The van der Waals surface area contributed by atoms with Gasteiger partial charge in [-0.3, -0.25) is 14.8 Å². The molecule has 28 heavy (non-hydrogen) atoms. The molecule has 6 heteroatoms. The van der Waals surface area contributed by atoms with Crippen LogP contribution < -0.4 is 5.32 Å². The molecule has 2 heterocycles. The van der Waals surface area contributed by atoms with E-state index >= 15 is 0 Å². The highest BCUT2D eigenvalue weighted by Gasteiger charge is 2.19. The van der Waals surface area contributed by atoms with Gasteiger partial charge in [0.2, 0.25) is 5.91 Å². The highest BCUT2D eigenvalue weighted by atomic mass is 16.5. The summed E-state index contributed by atoms with van der Waals surface area (Å²) in [7, 11) is 0. The summed E-state index contributed by atoms with van der Waals surface area (Å²) in [5.41, 5.74) is 5.82. The molecule has 0 radical (unpaired) electrons. The van der Waals surface area contributed by atoms with E-state index in [9.17, 15) is 4.79 Å². The van der Waals surface area contributed by atoms with Gasteiger partial charge in [0, 0.05) is 31.9 Å². The number of nitrogens with zero attached hydrogens (tertiary/aromatic N) is 2. The van der Waals surface area contributed by atoms with E-state index < -0.39 is 0 Å². The summed E-state index contributed by atoms with van der Waals surface area (Å²) in [5, 5.41) is 10.5. The molecule has 2 aliphatic rings. The number of carbonyl (C=O) groups is 1. The van der Waals surface area contributed by atoms with Crippen molar-refractivity contribution in [1.82, 2.24) is 20.4 Å². The first-order valence-electron chi connectivity index (χ1n) is 10.4. The van der Waals surface area contributed by atoms with Crippen LogP contribution in [-0.2, 0) is 41.9 Å². The van der Waals surface area contributed by atoms with Crippen molar-refractivity contribution < 1.29 is 9.53 Å². The highest BCUT2D eigenvalue weighted by molar-refractivity contribution is 5.78. The first-order chi connectivity index (χ1) is 13.7. The quantitative estimate of drug-likeness (QED) is 0.805. The fraction of sp³-hybridized carbons (Fsp3) is 0.545. The number of ether oxygens (including phenoxy) is 1. The smallest absolute Gasteiger partial charge is 0.226 e. The van der Waals surface area contributed by atoms with Crippen molar-refractivity contribution in [3.63, 3.8) is 0 Å². The highest BCUT2D eigenvalue weighted by Crippen LogP contribution is 2.22. The summed E-state index contributed by atoms with van der Waals surface area (Å²) < 4.78 is 5.62. The summed E-state index contributed by atoms with van der Waals surface area (Å²) in [6.07, 6.45) is 5.15. The maximum atomic E-state index is 12.4. The number of rotatable bonds is 6. The van der Waals surface area contributed by atoms with E-state index in [-0.39, 0.29) is 5.91 Å². The number of hydrogen-bond acceptors (Lipinski definition) is 4. The third-order valence-electron chi connectivity index (χ3n) is 5.68. The molecule has 0 saturated carbocycles. The maximum Gasteiger partial charge on any atom is 0.226 e. The first kappa shape index (κ1) is 19.2. The predicted octanol–water partition coefficient (Wildman–Crippen LogP) is 2.37. The molecule has 1 amide bonds. The first-order valence-corrected chi connectivity index (χ1v) is 10.4. The zero-order valence-electron chi connectivity index (χ0n) is 16.7. The van der Waals surface area contributed by atoms with Crippen LogP contribution in [0.1, 0.15) is 47.8 Å². The minimum atomic E-state index is 0.0345. The van der Waals surface area contributed by atoms with Crippen molar-refractivity contribution in [3.05, 3.63) is 52.3 Å². The molecule has 1 fully saturated rings. The minimum Gasteiger partial charge on any atom is -0.376 e. The number of nitrogens with one attached hydrogen (secondary N) is 2. The number of H-pyrrole nitrogens is 1. The Bertz CT molecular complexity index is 817. The zero-order chi connectivity index (χ0) is 19.3. The molecule has 1 unspecified atom stereocenters. The van der Waals surface area contributed by atoms with Crippen LogP contribution in [0.3, 0.4) is 0 Å². The van der Waals surface area contributed by atoms with E-state index in [2.05, 4.69) is 51.6 Å². The number of fused-ring (bicyclic) bond motifs is 1. The normalized spacial score (nSPS) is 20.0. The monoisotopic (exact) mass is 382 g/mol. The third-order valence-corrected chi connectivity index (χ3v) is 5.68. The van der Waals surface area contributed by atoms with E-state index in [4.69, 9.17) is 4.74 Å². The molecule has 6 nitrogen and oxygen atoms in total. The van der Waals surface area contributed by atoms with Crippen molar-refractivity contribution in [3.8, 4) is 0 Å². The van der Waals surface area contributed by atoms with Crippen LogP contribution >= 0.6 is 0 Å². The van der Waals surface area contributed by atoms with E-state index in [1.54, 1.807) is 0 Å². The Balaban J connectivity index is 1.29. The lowest BCUT2D eigenvalue weighted by molar-refractivity contribution is -0.120. The second kappa shape index (κ2) is 8.88. The van der Waals surface area contributed by atoms with Gasteiger partial charge >= 0.3 is 0 Å². The largest absolute Gasteiger partial charge is 0.376 e. The SMILES string of the molecule is CC1CN(Cc2cccc(CNC(=O)Cc3n[nH]c4c3CCCC4)c2)CCO1. The molecular formula is C22H30N4O2. The predicted molar refractivity (Wildman–Crippen MR) is 108 cm³/mol. The second-order valence-corrected chi connectivity index (χ2v) is 8.02. The number of amides is 1. The van der Waals surface area contributed by atoms with Crippen LogP contribution in [0, 0.1) is 0 Å². The third kappa shape index (κ3) is 4.80. The molecule has 2 N–H and O–H groups in total. The van der Waals surface area contributed by atoms with Crippen molar-refractivity contribution in [2.75, 3.05) is 19.7 Å². The molecular weight excluding hydrogens is 352 g/mol. The van der Waals surface area contributed by atoms with Crippen molar-refractivity contribution in [2.45, 2.75) is 58.2 Å². The topological polar surface area (TPSA) is 70.2 Å². The standard InChI is InChI=1S/C22H30N4O2/c1-16-14-26(9-10-28-16)15-18-6-4-5-17(11-18)13-23-22(27)12-21-19-7-2-3-8-20(19)24-25-21/h4-6,11,16H,2-3,7-10,12-15H2,1H3,(H,23,27)(H,24,25). The van der Waals surface area contributed by atoms with E-state index in [0.29, 0.717) is 19.1 Å². The number of benzene rings is 1. The van der Waals surface area contributed by atoms with Gasteiger partial charge in [0.25, 0.3) is 0 Å². The Morgan fingerprint density at radius 3 is 3.07 bits per heavy atom. The Hall–Kier alpha value is -2.18. The molecule has 150 valence electrons. The number of hydrogen-bond donors (Lipinski definition) is 2. The van der Waals surface area contributed by atoms with Crippen LogP contribution in [-0.4, -0.2) is 46.8 Å². The number of aromatic nitrogens is 2. The second-order valence-electron chi connectivity index (χ2n) is 8.02. The summed E-state index contributed by atoms with van der Waals surface area (Å²) in [4.78, 5) is 14.8. The number of aromatic amines is 1. The van der Waals surface area contributed by atoms with Crippen molar-refractivity contribution >= 4 is 5.91 Å². The van der Waals surface area contributed by atoms with Gasteiger partial charge in [0.1, 0.15) is 0 Å². The van der Waals surface area contributed by atoms with Gasteiger partial charge in [-0.25, -0.2) is 0 Å². The van der Waals surface area contributed by atoms with E-state index in [1.807, 2.05) is 0 Å². The average Bonchev–Trinajstić information content (AvgIpc) is 3.10. The van der Waals surface area contributed by atoms with Gasteiger partial charge < -0.3 is 10.1 Å². The summed E-state index contributed by atoms with van der Waals surface area (Å²) in [6.45, 7) is 6.34. The molecule has 1 aromatic heterocycles. The molecule has 2 aromatic rings. The lowest BCUT2D eigenvalue weighted by Crippen LogP contribution is -2.40. The lowest BCUT2D eigenvalue weighted by atomic mass is 9.95. The average molecular weight is 383 g/mol. The Labute approximate surface area is 166 Å². The lowest BCUT2D eigenvalue weighted by Gasteiger charge is -2.31. The van der Waals surface area contributed by atoms with Gasteiger partial charge in [-0.15, -0.1) is 0 Å². The molecule has 0 spiro atoms. The summed E-state index contributed by atoms with van der Waals surface area (Å²) in [5.74, 6) is 0.0345. The Morgan fingerprint density at radius 1 is 1.32 bits per heavy atom. The number of carbonyl (C=O) groups excluding carboxylic acids is 1.